The summed E-state index contributed by atoms with van der Waals surface area (Å²) < 4.78 is 0. The molecule has 1 aliphatic heterocycles. The molecule has 1 heterocycles. The highest BCUT2D eigenvalue weighted by Crippen LogP contribution is 2.15. The summed E-state index contributed by atoms with van der Waals surface area (Å²) in [6.07, 6.45) is 0.387. The number of Topliss-reactive ketones (excluding diaryl/α,β-unsaturated/α-hetero) is 1. The molecule has 1 saturated heterocycles. The molecule has 2 aromatic carbocycles. The van der Waals surface area contributed by atoms with Gasteiger partial charge in [0.1, 0.15) is 0 Å². The van der Waals surface area contributed by atoms with Crippen molar-refractivity contribution in [3.8, 4) is 0 Å². The van der Waals surface area contributed by atoms with Gasteiger partial charge in [-0.2, -0.15) is 0 Å². The van der Waals surface area contributed by atoms with Crippen molar-refractivity contribution in [2.45, 2.75) is 19.8 Å². The molecule has 28 heavy (non-hydrogen) atoms. The van der Waals surface area contributed by atoms with Crippen molar-refractivity contribution in [2.75, 3.05) is 26.2 Å². The monoisotopic (exact) mass is 398 g/mol. The van der Waals surface area contributed by atoms with Crippen molar-refractivity contribution in [3.63, 3.8) is 0 Å². The number of halogens is 1. The lowest BCUT2D eigenvalue weighted by atomic mass is 10.0. The predicted molar refractivity (Wildman–Crippen MR) is 109 cm³/mol. The van der Waals surface area contributed by atoms with Gasteiger partial charge in [0.2, 0.25) is 5.91 Å². The molecule has 1 aliphatic rings. The fraction of sp³-hybridized carbons (Fsp3) is 0.318. The van der Waals surface area contributed by atoms with E-state index in [2.05, 4.69) is 0 Å². The molecular weight excluding hydrogens is 376 g/mol. The van der Waals surface area contributed by atoms with Crippen molar-refractivity contribution >= 4 is 29.2 Å². The third-order valence-corrected chi connectivity index (χ3v) is 5.17. The van der Waals surface area contributed by atoms with Gasteiger partial charge < -0.3 is 9.80 Å². The average molecular weight is 399 g/mol. The smallest absolute Gasteiger partial charge is 0.254 e. The highest BCUT2D eigenvalue weighted by Gasteiger charge is 2.25. The largest absolute Gasteiger partial charge is 0.339 e. The van der Waals surface area contributed by atoms with Crippen molar-refractivity contribution in [3.05, 3.63) is 70.2 Å². The van der Waals surface area contributed by atoms with Crippen LogP contribution in [0.15, 0.2) is 48.5 Å². The predicted octanol–water partition coefficient (Wildman–Crippen LogP) is 3.60. The quantitative estimate of drug-likeness (QED) is 0.723. The van der Waals surface area contributed by atoms with Crippen LogP contribution in [0.1, 0.15) is 39.1 Å². The first kappa shape index (κ1) is 20.1. The lowest BCUT2D eigenvalue weighted by Crippen LogP contribution is -2.50. The zero-order valence-corrected chi connectivity index (χ0v) is 16.6. The molecule has 0 unspecified atom stereocenters. The molecular formula is C22H23ClN2O3. The number of aryl methyl sites for hydroxylation is 1. The standard InChI is InChI=1S/C22H23ClN2O3/c1-16-5-7-17(8-6-16)20(26)9-10-21(27)24-11-13-25(14-12-24)22(28)18-3-2-4-19(23)15-18/h2-8,15H,9-14H2,1H3. The van der Waals surface area contributed by atoms with Gasteiger partial charge >= 0.3 is 0 Å². The van der Waals surface area contributed by atoms with Crippen molar-refractivity contribution < 1.29 is 14.4 Å². The molecule has 0 bridgehead atoms. The van der Waals surface area contributed by atoms with Crippen LogP contribution in [-0.2, 0) is 4.79 Å². The van der Waals surface area contributed by atoms with Gasteiger partial charge in [-0.15, -0.1) is 0 Å². The summed E-state index contributed by atoms with van der Waals surface area (Å²) in [5.74, 6) is -0.150. The summed E-state index contributed by atoms with van der Waals surface area (Å²) in [6.45, 7) is 3.87. The summed E-state index contributed by atoms with van der Waals surface area (Å²) in [6, 6.07) is 14.2. The van der Waals surface area contributed by atoms with E-state index in [0.717, 1.165) is 5.56 Å². The van der Waals surface area contributed by atoms with Gasteiger partial charge in [0.15, 0.2) is 5.78 Å². The summed E-state index contributed by atoms with van der Waals surface area (Å²) >= 11 is 5.95. The van der Waals surface area contributed by atoms with Crippen molar-refractivity contribution in [1.82, 2.24) is 9.80 Å². The van der Waals surface area contributed by atoms with E-state index in [9.17, 15) is 14.4 Å². The van der Waals surface area contributed by atoms with Gasteiger partial charge in [-0.3, -0.25) is 14.4 Å². The number of rotatable bonds is 5. The molecule has 0 spiro atoms. The Morgan fingerprint density at radius 3 is 2.14 bits per heavy atom. The highest BCUT2D eigenvalue weighted by molar-refractivity contribution is 6.30. The molecule has 0 atom stereocenters. The van der Waals surface area contributed by atoms with Gasteiger partial charge in [0.25, 0.3) is 5.91 Å². The second kappa shape index (κ2) is 9.02. The van der Waals surface area contributed by atoms with Crippen LogP contribution < -0.4 is 0 Å². The molecule has 0 aliphatic carbocycles. The Morgan fingerprint density at radius 1 is 0.857 bits per heavy atom. The van der Waals surface area contributed by atoms with Crippen LogP contribution in [0.3, 0.4) is 0 Å². The molecule has 0 aromatic heterocycles. The van der Waals surface area contributed by atoms with E-state index in [-0.39, 0.29) is 30.4 Å². The normalized spacial score (nSPS) is 14.1. The zero-order valence-electron chi connectivity index (χ0n) is 15.9. The molecule has 2 amide bonds. The Kier molecular flexibility index (Phi) is 6.47. The first-order chi connectivity index (χ1) is 13.4. The number of nitrogens with zero attached hydrogens (tertiary/aromatic N) is 2. The summed E-state index contributed by atoms with van der Waals surface area (Å²) in [5, 5.41) is 0.526. The fourth-order valence-electron chi connectivity index (χ4n) is 3.23. The minimum absolute atomic E-state index is 0.0249. The van der Waals surface area contributed by atoms with E-state index < -0.39 is 0 Å². The Morgan fingerprint density at radius 2 is 1.50 bits per heavy atom. The molecule has 5 nitrogen and oxygen atoms in total. The second-order valence-corrected chi connectivity index (χ2v) is 7.41. The number of carbonyl (C=O) groups is 3. The topological polar surface area (TPSA) is 57.7 Å². The van der Waals surface area contributed by atoms with Crippen molar-refractivity contribution in [1.29, 1.82) is 0 Å². The minimum Gasteiger partial charge on any atom is -0.339 e. The van der Waals surface area contributed by atoms with E-state index >= 15 is 0 Å². The van der Waals surface area contributed by atoms with E-state index in [4.69, 9.17) is 11.6 Å². The number of hydrogen-bond acceptors (Lipinski definition) is 3. The molecule has 0 saturated carbocycles. The lowest BCUT2D eigenvalue weighted by molar-refractivity contribution is -0.132. The van der Waals surface area contributed by atoms with Crippen LogP contribution in [-0.4, -0.2) is 53.6 Å². The molecule has 6 heteroatoms. The van der Waals surface area contributed by atoms with Crippen LogP contribution in [0.4, 0.5) is 0 Å². The van der Waals surface area contributed by atoms with Gasteiger partial charge in [-0.1, -0.05) is 47.5 Å². The fourth-order valence-corrected chi connectivity index (χ4v) is 3.42. The van der Waals surface area contributed by atoms with Crippen LogP contribution in [0, 0.1) is 6.92 Å². The van der Waals surface area contributed by atoms with Gasteiger partial charge in [0, 0.05) is 55.2 Å². The molecule has 1 fully saturated rings. The molecule has 0 radical (unpaired) electrons. The number of carbonyl (C=O) groups excluding carboxylic acids is 3. The van der Waals surface area contributed by atoms with Crippen LogP contribution in [0.5, 0.6) is 0 Å². The van der Waals surface area contributed by atoms with Crippen LogP contribution in [0.2, 0.25) is 5.02 Å². The van der Waals surface area contributed by atoms with E-state index in [1.54, 1.807) is 46.2 Å². The third kappa shape index (κ3) is 4.98. The highest BCUT2D eigenvalue weighted by atomic mass is 35.5. The van der Waals surface area contributed by atoms with Crippen LogP contribution >= 0.6 is 11.6 Å². The average Bonchev–Trinajstić information content (AvgIpc) is 2.72. The van der Waals surface area contributed by atoms with E-state index in [1.807, 2.05) is 19.1 Å². The lowest BCUT2D eigenvalue weighted by Gasteiger charge is -2.35. The summed E-state index contributed by atoms with van der Waals surface area (Å²) in [7, 11) is 0. The summed E-state index contributed by atoms with van der Waals surface area (Å²) in [5.41, 5.74) is 2.28. The second-order valence-electron chi connectivity index (χ2n) is 6.97. The molecule has 3 rings (SSSR count). The SMILES string of the molecule is Cc1ccc(C(=O)CCC(=O)N2CCN(C(=O)c3cccc(Cl)c3)CC2)cc1. The van der Waals surface area contributed by atoms with Crippen LogP contribution in [0.25, 0.3) is 0 Å². The zero-order chi connectivity index (χ0) is 20.1. The minimum atomic E-state index is -0.0795. The van der Waals surface area contributed by atoms with E-state index in [0.29, 0.717) is 42.3 Å². The van der Waals surface area contributed by atoms with E-state index in [1.165, 1.54) is 0 Å². The van der Waals surface area contributed by atoms with Gasteiger partial charge in [-0.25, -0.2) is 0 Å². The number of ketones is 1. The Balaban J connectivity index is 1.47. The molecule has 0 N–H and O–H groups in total. The Hall–Kier alpha value is -2.66. The van der Waals surface area contributed by atoms with Crippen molar-refractivity contribution in [2.24, 2.45) is 0 Å². The number of benzene rings is 2. The van der Waals surface area contributed by atoms with Gasteiger partial charge in [-0.05, 0) is 25.1 Å². The number of amides is 2. The summed E-state index contributed by atoms with van der Waals surface area (Å²) in [4.78, 5) is 40.7. The maximum absolute atomic E-state index is 12.5. The third-order valence-electron chi connectivity index (χ3n) is 4.93. The number of hydrogen-bond donors (Lipinski definition) is 0. The maximum atomic E-state index is 12.5. The Bertz CT molecular complexity index is 872. The number of piperazine rings is 1. The maximum Gasteiger partial charge on any atom is 0.254 e. The first-order valence-electron chi connectivity index (χ1n) is 9.36. The molecule has 146 valence electrons. The molecule has 2 aromatic rings. The first-order valence-corrected chi connectivity index (χ1v) is 9.74. The Labute approximate surface area is 169 Å². The van der Waals surface area contributed by atoms with Gasteiger partial charge in [0.05, 0.1) is 0 Å².